The third-order valence-electron chi connectivity index (χ3n) is 2.40. The molecule has 17 heavy (non-hydrogen) atoms. The predicted octanol–water partition coefficient (Wildman–Crippen LogP) is 1.15. The van der Waals surface area contributed by atoms with E-state index in [1.807, 2.05) is 20.8 Å². The molecule has 0 aliphatic rings. The number of nitrogens with one attached hydrogen (secondary N) is 1. The van der Waals surface area contributed by atoms with Gasteiger partial charge < -0.3 is 15.3 Å². The third-order valence-corrected chi connectivity index (χ3v) is 2.40. The van der Waals surface area contributed by atoms with Gasteiger partial charge in [-0.3, -0.25) is 4.79 Å². The number of hydrogen-bond donors (Lipinski definition) is 2. The fraction of sp³-hybridized carbons (Fsp3) is 0.667. The lowest BCUT2D eigenvalue weighted by molar-refractivity contribution is -0.138. The Labute approximate surface area is 102 Å². The van der Waals surface area contributed by atoms with Crippen LogP contribution in [0.15, 0.2) is 0 Å². The molecule has 5 nitrogen and oxygen atoms in total. The molecule has 5 heteroatoms. The summed E-state index contributed by atoms with van der Waals surface area (Å²) < 4.78 is 0. The van der Waals surface area contributed by atoms with E-state index < -0.39 is 12.0 Å². The highest BCUT2D eigenvalue weighted by Crippen LogP contribution is 2.21. The van der Waals surface area contributed by atoms with Gasteiger partial charge in [-0.05, 0) is 5.41 Å². The highest BCUT2D eigenvalue weighted by atomic mass is 16.4. The molecular weight excluding hydrogens is 220 g/mol. The van der Waals surface area contributed by atoms with Crippen LogP contribution in [-0.2, 0) is 4.79 Å². The van der Waals surface area contributed by atoms with Gasteiger partial charge in [0, 0.05) is 13.1 Å². The summed E-state index contributed by atoms with van der Waals surface area (Å²) in [7, 11) is 1.57. The predicted molar refractivity (Wildman–Crippen MR) is 65.5 cm³/mol. The second-order valence-corrected chi connectivity index (χ2v) is 5.03. The van der Waals surface area contributed by atoms with E-state index in [1.165, 1.54) is 4.90 Å². The number of rotatable bonds is 4. The molecule has 0 aromatic heterocycles. The van der Waals surface area contributed by atoms with Gasteiger partial charge in [-0.15, -0.1) is 6.42 Å². The third kappa shape index (κ3) is 5.81. The Kier molecular flexibility index (Phi) is 5.52. The SMILES string of the molecule is C#CCN(C)C(=O)NC(CC(=O)O)C(C)(C)C. The van der Waals surface area contributed by atoms with Gasteiger partial charge in [0.05, 0.1) is 13.0 Å². The maximum atomic E-state index is 11.7. The maximum Gasteiger partial charge on any atom is 0.318 e. The smallest absolute Gasteiger partial charge is 0.318 e. The average molecular weight is 240 g/mol. The molecule has 0 saturated heterocycles. The zero-order valence-corrected chi connectivity index (χ0v) is 10.8. The normalized spacial score (nSPS) is 12.4. The Morgan fingerprint density at radius 1 is 1.47 bits per heavy atom. The summed E-state index contributed by atoms with van der Waals surface area (Å²) in [4.78, 5) is 23.8. The van der Waals surface area contributed by atoms with Crippen molar-refractivity contribution in [2.24, 2.45) is 5.41 Å². The summed E-state index contributed by atoms with van der Waals surface area (Å²) in [5.41, 5.74) is -0.328. The maximum absolute atomic E-state index is 11.7. The first-order chi connectivity index (χ1) is 7.68. The Hall–Kier alpha value is -1.70. The van der Waals surface area contributed by atoms with E-state index in [1.54, 1.807) is 7.05 Å². The number of hydrogen-bond acceptors (Lipinski definition) is 2. The zero-order valence-electron chi connectivity index (χ0n) is 10.8. The molecule has 0 aromatic rings. The average Bonchev–Trinajstić information content (AvgIpc) is 2.14. The summed E-state index contributed by atoms with van der Waals surface area (Å²) in [6, 6.07) is -0.795. The van der Waals surface area contributed by atoms with Crippen LogP contribution in [0.3, 0.4) is 0 Å². The van der Waals surface area contributed by atoms with E-state index in [0.717, 1.165) is 0 Å². The number of carbonyl (C=O) groups is 2. The van der Waals surface area contributed by atoms with Crippen molar-refractivity contribution in [3.63, 3.8) is 0 Å². The molecular formula is C12H20N2O3. The first-order valence-corrected chi connectivity index (χ1v) is 5.35. The van der Waals surface area contributed by atoms with Gasteiger partial charge >= 0.3 is 12.0 Å². The van der Waals surface area contributed by atoms with Gasteiger partial charge in [-0.2, -0.15) is 0 Å². The Morgan fingerprint density at radius 3 is 2.35 bits per heavy atom. The molecule has 0 fully saturated rings. The van der Waals surface area contributed by atoms with Gasteiger partial charge in [0.15, 0.2) is 0 Å². The van der Waals surface area contributed by atoms with Crippen LogP contribution in [0.1, 0.15) is 27.2 Å². The molecule has 0 bridgehead atoms. The Bertz CT molecular complexity index is 326. The highest BCUT2D eigenvalue weighted by molar-refractivity contribution is 5.76. The van der Waals surface area contributed by atoms with Crippen molar-refractivity contribution in [1.82, 2.24) is 10.2 Å². The second kappa shape index (κ2) is 6.14. The number of amides is 2. The van der Waals surface area contributed by atoms with E-state index in [2.05, 4.69) is 11.2 Å². The molecule has 96 valence electrons. The lowest BCUT2D eigenvalue weighted by atomic mass is 9.85. The number of aliphatic carboxylic acids is 1. The Balaban J connectivity index is 4.60. The van der Waals surface area contributed by atoms with Gasteiger partial charge in [-0.25, -0.2) is 4.79 Å². The van der Waals surface area contributed by atoms with Crippen LogP contribution in [0, 0.1) is 17.8 Å². The molecule has 0 heterocycles. The number of urea groups is 1. The minimum atomic E-state index is -0.940. The largest absolute Gasteiger partial charge is 0.481 e. The van der Waals surface area contributed by atoms with Gasteiger partial charge in [-0.1, -0.05) is 26.7 Å². The number of terminal acetylenes is 1. The number of carboxylic acid groups (broad SMARTS) is 1. The quantitative estimate of drug-likeness (QED) is 0.724. The lowest BCUT2D eigenvalue weighted by Crippen LogP contribution is -2.49. The van der Waals surface area contributed by atoms with Crippen molar-refractivity contribution in [2.75, 3.05) is 13.6 Å². The van der Waals surface area contributed by atoms with E-state index in [-0.39, 0.29) is 24.4 Å². The molecule has 2 amide bonds. The number of carbonyl (C=O) groups excluding carboxylic acids is 1. The fourth-order valence-electron chi connectivity index (χ4n) is 1.22. The lowest BCUT2D eigenvalue weighted by Gasteiger charge is -2.31. The number of carboxylic acids is 1. The Morgan fingerprint density at radius 2 is 2.00 bits per heavy atom. The molecule has 1 unspecified atom stereocenters. The van der Waals surface area contributed by atoms with Gasteiger partial charge in [0.1, 0.15) is 0 Å². The first-order valence-electron chi connectivity index (χ1n) is 5.35. The zero-order chi connectivity index (χ0) is 13.6. The van der Waals surface area contributed by atoms with Crippen LogP contribution in [0.5, 0.6) is 0 Å². The van der Waals surface area contributed by atoms with Crippen molar-refractivity contribution in [3.05, 3.63) is 0 Å². The summed E-state index contributed by atoms with van der Waals surface area (Å²) in [6.45, 7) is 5.82. The highest BCUT2D eigenvalue weighted by Gasteiger charge is 2.29. The summed E-state index contributed by atoms with van der Waals surface area (Å²) in [6.07, 6.45) is 4.99. The van der Waals surface area contributed by atoms with Crippen LogP contribution in [0.2, 0.25) is 0 Å². The van der Waals surface area contributed by atoms with Gasteiger partial charge in [0.25, 0.3) is 0 Å². The minimum Gasteiger partial charge on any atom is -0.481 e. The molecule has 2 N–H and O–H groups in total. The van der Waals surface area contributed by atoms with Crippen molar-refractivity contribution < 1.29 is 14.7 Å². The molecule has 0 aliphatic carbocycles. The molecule has 0 rings (SSSR count). The van der Waals surface area contributed by atoms with Crippen LogP contribution in [0.25, 0.3) is 0 Å². The standard InChI is InChI=1S/C12H20N2O3/c1-6-7-14(5)11(17)13-9(8-10(15)16)12(2,3)4/h1,9H,7-8H2,2-5H3,(H,13,17)(H,15,16). The molecule has 0 aromatic carbocycles. The topological polar surface area (TPSA) is 69.6 Å². The van der Waals surface area contributed by atoms with Crippen molar-refractivity contribution >= 4 is 12.0 Å². The molecule has 0 spiro atoms. The second-order valence-electron chi connectivity index (χ2n) is 5.03. The van der Waals surface area contributed by atoms with E-state index in [4.69, 9.17) is 11.5 Å². The van der Waals surface area contributed by atoms with Crippen LogP contribution in [-0.4, -0.2) is 41.6 Å². The van der Waals surface area contributed by atoms with E-state index in [0.29, 0.717) is 0 Å². The van der Waals surface area contributed by atoms with Crippen LogP contribution < -0.4 is 5.32 Å². The van der Waals surface area contributed by atoms with Crippen molar-refractivity contribution in [3.8, 4) is 12.3 Å². The number of nitrogens with zero attached hydrogens (tertiary/aromatic N) is 1. The van der Waals surface area contributed by atoms with Gasteiger partial charge in [0.2, 0.25) is 0 Å². The summed E-state index contributed by atoms with van der Waals surface area (Å²) >= 11 is 0. The van der Waals surface area contributed by atoms with Crippen LogP contribution >= 0.6 is 0 Å². The van der Waals surface area contributed by atoms with E-state index >= 15 is 0 Å². The molecule has 1 atom stereocenters. The monoisotopic (exact) mass is 240 g/mol. The van der Waals surface area contributed by atoms with Crippen molar-refractivity contribution in [1.29, 1.82) is 0 Å². The van der Waals surface area contributed by atoms with Crippen molar-refractivity contribution in [2.45, 2.75) is 33.2 Å². The molecule has 0 saturated carbocycles. The molecule has 0 aliphatic heterocycles. The van der Waals surface area contributed by atoms with Crippen LogP contribution in [0.4, 0.5) is 4.79 Å². The molecule has 0 radical (unpaired) electrons. The summed E-state index contributed by atoms with van der Waals surface area (Å²) in [5.74, 6) is 1.41. The summed E-state index contributed by atoms with van der Waals surface area (Å²) in [5, 5.41) is 11.5. The minimum absolute atomic E-state index is 0.112. The first kappa shape index (κ1) is 15.3. The fourth-order valence-corrected chi connectivity index (χ4v) is 1.22. The van der Waals surface area contributed by atoms with E-state index in [9.17, 15) is 9.59 Å².